The van der Waals surface area contributed by atoms with E-state index in [2.05, 4.69) is 21.2 Å². The first-order valence-corrected chi connectivity index (χ1v) is 8.76. The van der Waals surface area contributed by atoms with Crippen molar-refractivity contribution in [2.75, 3.05) is 13.1 Å². The summed E-state index contributed by atoms with van der Waals surface area (Å²) in [7, 11) is -3.65. The van der Waals surface area contributed by atoms with Crippen molar-refractivity contribution in [3.05, 3.63) is 28.5 Å². The van der Waals surface area contributed by atoms with E-state index in [0.29, 0.717) is 25.9 Å². The topological polar surface area (TPSA) is 66.5 Å². The van der Waals surface area contributed by atoms with Crippen LogP contribution in [0.1, 0.15) is 19.8 Å². The van der Waals surface area contributed by atoms with Crippen LogP contribution in [-0.4, -0.2) is 37.8 Å². The molecule has 116 valence electrons. The van der Waals surface area contributed by atoms with E-state index in [0.717, 1.165) is 12.1 Å². The maximum absolute atomic E-state index is 13.1. The predicted octanol–water partition coefficient (Wildman–Crippen LogP) is 1.88. The van der Waals surface area contributed by atoms with Crippen LogP contribution < -0.4 is 5.32 Å². The molecule has 2 rings (SSSR count). The molecule has 8 heteroatoms. The first kappa shape index (κ1) is 16.4. The van der Waals surface area contributed by atoms with Gasteiger partial charge in [0, 0.05) is 30.5 Å². The molecule has 0 aromatic heterocycles. The van der Waals surface area contributed by atoms with Crippen molar-refractivity contribution in [2.45, 2.75) is 30.7 Å². The van der Waals surface area contributed by atoms with Crippen LogP contribution in [0.5, 0.6) is 0 Å². The molecule has 0 bridgehead atoms. The quantitative estimate of drug-likeness (QED) is 0.872. The van der Waals surface area contributed by atoms with Crippen molar-refractivity contribution in [3.8, 4) is 0 Å². The molecule has 1 amide bonds. The van der Waals surface area contributed by atoms with Crippen LogP contribution in [0, 0.1) is 5.82 Å². The third-order valence-electron chi connectivity index (χ3n) is 3.37. The van der Waals surface area contributed by atoms with Gasteiger partial charge in [-0.05, 0) is 47.0 Å². The van der Waals surface area contributed by atoms with Gasteiger partial charge in [-0.3, -0.25) is 4.79 Å². The lowest BCUT2D eigenvalue weighted by atomic mass is 10.1. The Labute approximate surface area is 131 Å². The molecule has 1 aliphatic rings. The summed E-state index contributed by atoms with van der Waals surface area (Å²) in [6.45, 7) is 2.10. The van der Waals surface area contributed by atoms with E-state index in [-0.39, 0.29) is 21.3 Å². The van der Waals surface area contributed by atoms with Gasteiger partial charge in [0.2, 0.25) is 15.9 Å². The van der Waals surface area contributed by atoms with Gasteiger partial charge in [0.1, 0.15) is 5.82 Å². The first-order valence-electron chi connectivity index (χ1n) is 6.53. The maximum Gasteiger partial charge on any atom is 0.244 e. The van der Waals surface area contributed by atoms with Gasteiger partial charge in [0.15, 0.2) is 0 Å². The molecule has 1 N–H and O–H groups in total. The smallest absolute Gasteiger partial charge is 0.244 e. The molecule has 0 radical (unpaired) electrons. The van der Waals surface area contributed by atoms with Gasteiger partial charge >= 0.3 is 0 Å². The molecule has 1 aliphatic heterocycles. The van der Waals surface area contributed by atoms with Crippen LogP contribution >= 0.6 is 15.9 Å². The van der Waals surface area contributed by atoms with Gasteiger partial charge in [-0.25, -0.2) is 12.8 Å². The highest BCUT2D eigenvalue weighted by molar-refractivity contribution is 9.10. The Balaban J connectivity index is 2.13. The second-order valence-corrected chi connectivity index (χ2v) is 7.71. The van der Waals surface area contributed by atoms with E-state index in [9.17, 15) is 17.6 Å². The largest absolute Gasteiger partial charge is 0.354 e. The number of rotatable bonds is 3. The number of benzene rings is 1. The molecule has 1 aromatic carbocycles. The number of piperidine rings is 1. The molecular formula is C13H16BrFN2O3S. The van der Waals surface area contributed by atoms with Gasteiger partial charge in [0.25, 0.3) is 0 Å². The highest BCUT2D eigenvalue weighted by Gasteiger charge is 2.30. The number of carbonyl (C=O) groups excluding carboxylic acids is 1. The number of nitrogens with one attached hydrogen (secondary N) is 1. The minimum absolute atomic E-state index is 0.00519. The molecule has 0 spiro atoms. The summed E-state index contributed by atoms with van der Waals surface area (Å²) in [4.78, 5) is 11.1. The SMILES string of the molecule is CC(=O)NC1CCN(S(=O)(=O)c2ccc(F)cc2Br)CC1. The molecule has 5 nitrogen and oxygen atoms in total. The van der Waals surface area contributed by atoms with E-state index in [1.165, 1.54) is 17.3 Å². The number of sulfonamides is 1. The third kappa shape index (κ3) is 3.81. The first-order chi connectivity index (χ1) is 9.80. The zero-order valence-electron chi connectivity index (χ0n) is 11.5. The summed E-state index contributed by atoms with van der Waals surface area (Å²) in [5.74, 6) is -0.609. The van der Waals surface area contributed by atoms with Crippen molar-refractivity contribution in [2.24, 2.45) is 0 Å². The molecule has 1 aromatic rings. The van der Waals surface area contributed by atoms with Crippen molar-refractivity contribution in [1.29, 1.82) is 0 Å². The highest BCUT2D eigenvalue weighted by Crippen LogP contribution is 2.27. The molecule has 0 saturated carbocycles. The number of carbonyl (C=O) groups is 1. The van der Waals surface area contributed by atoms with Crippen LogP contribution in [0.2, 0.25) is 0 Å². The minimum Gasteiger partial charge on any atom is -0.354 e. The standard InChI is InChI=1S/C13H16BrFN2O3S/c1-9(18)16-11-4-6-17(7-5-11)21(19,20)13-3-2-10(15)8-12(13)14/h2-3,8,11H,4-7H2,1H3,(H,16,18). The zero-order valence-corrected chi connectivity index (χ0v) is 13.9. The molecule has 0 unspecified atom stereocenters. The Morgan fingerprint density at radius 2 is 2.00 bits per heavy atom. The summed E-state index contributed by atoms with van der Waals surface area (Å²) in [6.07, 6.45) is 1.13. The lowest BCUT2D eigenvalue weighted by Crippen LogP contribution is -2.46. The summed E-state index contributed by atoms with van der Waals surface area (Å²) in [5.41, 5.74) is 0. The van der Waals surface area contributed by atoms with Crippen molar-refractivity contribution in [3.63, 3.8) is 0 Å². The summed E-state index contributed by atoms with van der Waals surface area (Å²) in [5, 5.41) is 2.79. The second kappa shape index (κ2) is 6.41. The third-order valence-corrected chi connectivity index (χ3v) is 6.25. The Morgan fingerprint density at radius 1 is 1.38 bits per heavy atom. The molecule has 1 fully saturated rings. The minimum atomic E-state index is -3.65. The lowest BCUT2D eigenvalue weighted by Gasteiger charge is -2.31. The van der Waals surface area contributed by atoms with Gasteiger partial charge in [-0.1, -0.05) is 0 Å². The molecule has 0 atom stereocenters. The zero-order chi connectivity index (χ0) is 15.6. The van der Waals surface area contributed by atoms with Crippen LogP contribution in [0.15, 0.2) is 27.6 Å². The van der Waals surface area contributed by atoms with Gasteiger partial charge < -0.3 is 5.32 Å². The van der Waals surface area contributed by atoms with E-state index in [4.69, 9.17) is 0 Å². The van der Waals surface area contributed by atoms with Gasteiger partial charge in [0.05, 0.1) is 4.90 Å². The Kier molecular flexibility index (Phi) is 5.00. The van der Waals surface area contributed by atoms with Gasteiger partial charge in [-0.2, -0.15) is 4.31 Å². The summed E-state index contributed by atoms with van der Waals surface area (Å²) < 4.78 is 39.7. The second-order valence-electron chi connectivity index (χ2n) is 4.95. The van der Waals surface area contributed by atoms with E-state index in [1.54, 1.807) is 0 Å². The number of halogens is 2. The van der Waals surface area contributed by atoms with E-state index < -0.39 is 15.8 Å². The molecule has 1 heterocycles. The van der Waals surface area contributed by atoms with Crippen molar-refractivity contribution in [1.82, 2.24) is 9.62 Å². The number of hydrogen-bond acceptors (Lipinski definition) is 3. The van der Waals surface area contributed by atoms with Crippen molar-refractivity contribution < 1.29 is 17.6 Å². The Morgan fingerprint density at radius 3 is 2.52 bits per heavy atom. The van der Waals surface area contributed by atoms with Crippen LogP contribution in [0.4, 0.5) is 4.39 Å². The molecule has 1 saturated heterocycles. The lowest BCUT2D eigenvalue weighted by molar-refractivity contribution is -0.119. The number of nitrogens with zero attached hydrogens (tertiary/aromatic N) is 1. The Bertz CT molecular complexity index is 643. The van der Waals surface area contributed by atoms with Crippen LogP contribution in [-0.2, 0) is 14.8 Å². The average Bonchev–Trinajstić information content (AvgIpc) is 2.38. The van der Waals surface area contributed by atoms with Gasteiger partial charge in [-0.15, -0.1) is 0 Å². The Hall–Kier alpha value is -0.990. The fraction of sp³-hybridized carbons (Fsp3) is 0.462. The predicted molar refractivity (Wildman–Crippen MR) is 79.7 cm³/mol. The molecule has 21 heavy (non-hydrogen) atoms. The number of hydrogen-bond donors (Lipinski definition) is 1. The fourth-order valence-corrected chi connectivity index (χ4v) is 4.83. The van der Waals surface area contributed by atoms with Crippen LogP contribution in [0.3, 0.4) is 0 Å². The maximum atomic E-state index is 13.1. The van der Waals surface area contributed by atoms with Crippen molar-refractivity contribution >= 4 is 31.9 Å². The fourth-order valence-electron chi connectivity index (χ4n) is 2.35. The van der Waals surface area contributed by atoms with Crippen LogP contribution in [0.25, 0.3) is 0 Å². The monoisotopic (exact) mass is 378 g/mol. The van der Waals surface area contributed by atoms with E-state index in [1.807, 2.05) is 0 Å². The average molecular weight is 379 g/mol. The summed E-state index contributed by atoms with van der Waals surface area (Å²) in [6, 6.07) is 3.53. The highest BCUT2D eigenvalue weighted by atomic mass is 79.9. The normalized spacial score (nSPS) is 17.7. The van der Waals surface area contributed by atoms with E-state index >= 15 is 0 Å². The molecule has 0 aliphatic carbocycles. The number of amides is 1. The molecular weight excluding hydrogens is 363 g/mol. The summed E-state index contributed by atoms with van der Waals surface area (Å²) >= 11 is 3.09.